The number of likely N-dealkylation sites (tertiary alicyclic amines) is 1. The third-order valence-electron chi connectivity index (χ3n) is 5.31. The van der Waals surface area contributed by atoms with Crippen LogP contribution in [0.2, 0.25) is 0 Å². The van der Waals surface area contributed by atoms with E-state index in [0.29, 0.717) is 25.7 Å². The fraction of sp³-hybridized carbons (Fsp3) is 0.714. The van der Waals surface area contributed by atoms with Gasteiger partial charge in [0.25, 0.3) is 0 Å². The molecular formula is C21H37N5O2S. The molecule has 0 spiro atoms. The normalized spacial score (nSPS) is 16.7. The average Bonchev–Trinajstić information content (AvgIpc) is 3.26. The van der Waals surface area contributed by atoms with E-state index in [9.17, 15) is 4.79 Å². The molecule has 8 heteroatoms. The van der Waals surface area contributed by atoms with Crippen molar-refractivity contribution in [3.63, 3.8) is 0 Å². The number of aliphatic imine (C=N–C) groups is 1. The van der Waals surface area contributed by atoms with Crippen molar-refractivity contribution in [3.05, 3.63) is 22.4 Å². The number of nitrogens with one attached hydrogen (secondary N) is 2. The van der Waals surface area contributed by atoms with Gasteiger partial charge in [-0.05, 0) is 62.2 Å². The molecule has 0 saturated carbocycles. The van der Waals surface area contributed by atoms with E-state index in [0.717, 1.165) is 45.0 Å². The van der Waals surface area contributed by atoms with Crippen LogP contribution >= 0.6 is 11.3 Å². The first-order valence-corrected chi connectivity index (χ1v) is 11.8. The lowest BCUT2D eigenvalue weighted by molar-refractivity contribution is 0.0963. The molecule has 1 amide bonds. The van der Waals surface area contributed by atoms with Gasteiger partial charge >= 0.3 is 6.09 Å². The lowest BCUT2D eigenvalue weighted by Crippen LogP contribution is -2.50. The van der Waals surface area contributed by atoms with E-state index in [1.54, 1.807) is 16.2 Å². The number of piperidine rings is 1. The Morgan fingerprint density at radius 2 is 2.03 bits per heavy atom. The van der Waals surface area contributed by atoms with Gasteiger partial charge in [0.1, 0.15) is 0 Å². The fourth-order valence-corrected chi connectivity index (χ4v) is 4.38. The number of rotatable bonds is 9. The highest BCUT2D eigenvalue weighted by Gasteiger charge is 2.24. The number of nitrogens with zero attached hydrogens (tertiary/aromatic N) is 3. The Morgan fingerprint density at radius 1 is 1.31 bits per heavy atom. The van der Waals surface area contributed by atoms with Crippen LogP contribution in [0.1, 0.15) is 52.1 Å². The molecule has 1 atom stereocenters. The van der Waals surface area contributed by atoms with Crippen LogP contribution < -0.4 is 10.6 Å². The lowest BCUT2D eigenvalue weighted by Gasteiger charge is -2.32. The molecule has 0 aromatic carbocycles. The summed E-state index contributed by atoms with van der Waals surface area (Å²) in [5.74, 6) is 0.856. The second-order valence-corrected chi connectivity index (χ2v) is 7.90. The molecule has 1 aromatic rings. The second-order valence-electron chi connectivity index (χ2n) is 7.12. The molecule has 7 nitrogen and oxygen atoms in total. The van der Waals surface area contributed by atoms with Gasteiger partial charge in [0.2, 0.25) is 0 Å². The van der Waals surface area contributed by atoms with Crippen molar-refractivity contribution in [2.24, 2.45) is 4.99 Å². The van der Waals surface area contributed by atoms with Crippen molar-refractivity contribution in [2.45, 2.75) is 52.6 Å². The Bertz CT molecular complexity index is 611. The first-order chi connectivity index (χ1) is 14.1. The summed E-state index contributed by atoms with van der Waals surface area (Å²) in [7, 11) is 0. The van der Waals surface area contributed by atoms with Gasteiger partial charge in [-0.3, -0.25) is 9.89 Å². The van der Waals surface area contributed by atoms with Gasteiger partial charge in [0.15, 0.2) is 5.96 Å². The molecule has 1 aliphatic heterocycles. The third-order valence-corrected chi connectivity index (χ3v) is 6.01. The maximum Gasteiger partial charge on any atom is 0.409 e. The molecule has 0 bridgehead atoms. The summed E-state index contributed by atoms with van der Waals surface area (Å²) in [6.45, 7) is 13.7. The molecule has 2 rings (SSSR count). The predicted octanol–water partition coefficient (Wildman–Crippen LogP) is 3.31. The van der Waals surface area contributed by atoms with Gasteiger partial charge < -0.3 is 20.3 Å². The number of ether oxygens (including phenoxy) is 1. The smallest absolute Gasteiger partial charge is 0.409 e. The second kappa shape index (κ2) is 12.7. The maximum absolute atomic E-state index is 11.9. The van der Waals surface area contributed by atoms with Crippen LogP contribution in [0.25, 0.3) is 0 Å². The summed E-state index contributed by atoms with van der Waals surface area (Å²) in [5.41, 5.74) is 1.33. The summed E-state index contributed by atoms with van der Waals surface area (Å²) in [4.78, 5) is 21.0. The average molecular weight is 424 g/mol. The minimum atomic E-state index is -0.204. The van der Waals surface area contributed by atoms with E-state index in [2.05, 4.69) is 53.1 Å². The molecule has 1 saturated heterocycles. The van der Waals surface area contributed by atoms with Crippen molar-refractivity contribution >= 4 is 23.4 Å². The van der Waals surface area contributed by atoms with Crippen LogP contribution in [0.5, 0.6) is 0 Å². The third kappa shape index (κ3) is 7.19. The fourth-order valence-electron chi connectivity index (χ4n) is 3.67. The number of carbonyl (C=O) groups is 1. The van der Waals surface area contributed by atoms with Gasteiger partial charge in [-0.25, -0.2) is 4.79 Å². The molecule has 1 aliphatic rings. The highest BCUT2D eigenvalue weighted by atomic mass is 32.1. The topological polar surface area (TPSA) is 69.2 Å². The van der Waals surface area contributed by atoms with Crippen molar-refractivity contribution in [3.8, 4) is 0 Å². The monoisotopic (exact) mass is 423 g/mol. The minimum Gasteiger partial charge on any atom is -0.450 e. The molecule has 2 heterocycles. The number of carbonyl (C=O) groups excluding carboxylic acids is 1. The first-order valence-electron chi connectivity index (χ1n) is 10.8. The number of hydrogen-bond acceptors (Lipinski definition) is 5. The Labute approximate surface area is 179 Å². The zero-order valence-electron chi connectivity index (χ0n) is 18.3. The van der Waals surface area contributed by atoms with E-state index >= 15 is 0 Å². The number of thiophene rings is 1. The van der Waals surface area contributed by atoms with Crippen molar-refractivity contribution < 1.29 is 9.53 Å². The zero-order valence-corrected chi connectivity index (χ0v) is 19.1. The SMILES string of the molecule is CCNC(=NCC(c1ccsc1)N(CC)CC)NC1CCN(C(=O)OCC)CC1. The molecule has 164 valence electrons. The molecule has 0 aliphatic carbocycles. The number of guanidine groups is 1. The van der Waals surface area contributed by atoms with E-state index in [1.165, 1.54) is 5.56 Å². The zero-order chi connectivity index (χ0) is 21.1. The van der Waals surface area contributed by atoms with Crippen LogP contribution in [-0.2, 0) is 4.74 Å². The quantitative estimate of drug-likeness (QED) is 0.471. The van der Waals surface area contributed by atoms with E-state index < -0.39 is 0 Å². The Hall–Kier alpha value is -1.80. The summed E-state index contributed by atoms with van der Waals surface area (Å²) in [6.07, 6.45) is 1.59. The number of amides is 1. The Balaban J connectivity index is 1.97. The summed E-state index contributed by atoms with van der Waals surface area (Å²) >= 11 is 1.74. The summed E-state index contributed by atoms with van der Waals surface area (Å²) < 4.78 is 5.11. The van der Waals surface area contributed by atoms with Crippen molar-refractivity contribution in [2.75, 3.05) is 45.9 Å². The molecular weight excluding hydrogens is 386 g/mol. The highest BCUT2D eigenvalue weighted by molar-refractivity contribution is 7.07. The Morgan fingerprint density at radius 3 is 2.59 bits per heavy atom. The van der Waals surface area contributed by atoms with Gasteiger partial charge in [-0.2, -0.15) is 11.3 Å². The first kappa shape index (κ1) is 23.5. The molecule has 2 N–H and O–H groups in total. The molecule has 1 unspecified atom stereocenters. The number of hydrogen-bond donors (Lipinski definition) is 2. The van der Waals surface area contributed by atoms with Crippen LogP contribution in [0.3, 0.4) is 0 Å². The highest BCUT2D eigenvalue weighted by Crippen LogP contribution is 2.23. The van der Waals surface area contributed by atoms with Gasteiger partial charge in [0, 0.05) is 25.7 Å². The standard InChI is InChI=1S/C21H37N5O2S/c1-5-22-20(24-18-9-12-26(13-10-18)21(27)28-8-4)23-15-19(25(6-2)7-3)17-11-14-29-16-17/h11,14,16,18-19H,5-10,12-13,15H2,1-4H3,(H2,22,23,24). The van der Waals surface area contributed by atoms with E-state index in [4.69, 9.17) is 9.73 Å². The van der Waals surface area contributed by atoms with Gasteiger partial charge in [-0.15, -0.1) is 0 Å². The van der Waals surface area contributed by atoms with Crippen LogP contribution in [0, 0.1) is 0 Å². The van der Waals surface area contributed by atoms with Crippen molar-refractivity contribution in [1.29, 1.82) is 0 Å². The molecule has 1 fully saturated rings. The summed E-state index contributed by atoms with van der Waals surface area (Å²) in [6, 6.07) is 2.80. The van der Waals surface area contributed by atoms with Gasteiger partial charge in [-0.1, -0.05) is 13.8 Å². The number of likely N-dealkylation sites (N-methyl/N-ethyl adjacent to an activating group) is 1. The van der Waals surface area contributed by atoms with Gasteiger partial charge in [0.05, 0.1) is 19.2 Å². The van der Waals surface area contributed by atoms with E-state index in [-0.39, 0.29) is 12.1 Å². The summed E-state index contributed by atoms with van der Waals surface area (Å²) in [5, 5.41) is 11.3. The Kier molecular flexibility index (Phi) is 10.3. The lowest BCUT2D eigenvalue weighted by atomic mass is 10.1. The van der Waals surface area contributed by atoms with Crippen LogP contribution in [0.4, 0.5) is 4.79 Å². The van der Waals surface area contributed by atoms with Crippen LogP contribution in [0.15, 0.2) is 21.8 Å². The largest absolute Gasteiger partial charge is 0.450 e. The predicted molar refractivity (Wildman–Crippen MR) is 121 cm³/mol. The minimum absolute atomic E-state index is 0.204. The van der Waals surface area contributed by atoms with Crippen molar-refractivity contribution in [1.82, 2.24) is 20.4 Å². The van der Waals surface area contributed by atoms with Crippen LogP contribution in [-0.4, -0.2) is 73.8 Å². The molecule has 1 aromatic heterocycles. The van der Waals surface area contributed by atoms with E-state index in [1.807, 2.05) is 6.92 Å². The molecule has 29 heavy (non-hydrogen) atoms. The molecule has 0 radical (unpaired) electrons. The maximum atomic E-state index is 11.9.